The van der Waals surface area contributed by atoms with Crippen molar-refractivity contribution < 1.29 is 14.7 Å². The van der Waals surface area contributed by atoms with Crippen molar-refractivity contribution in [3.05, 3.63) is 30.3 Å². The van der Waals surface area contributed by atoms with Crippen molar-refractivity contribution in [1.29, 1.82) is 0 Å². The highest BCUT2D eigenvalue weighted by atomic mass is 16.7. The maximum atomic E-state index is 11.3. The summed E-state index contributed by atoms with van der Waals surface area (Å²) in [6.45, 7) is 2.70. The summed E-state index contributed by atoms with van der Waals surface area (Å²) in [7, 11) is 0. The van der Waals surface area contributed by atoms with Crippen LogP contribution in [0, 0.1) is 0 Å². The predicted molar refractivity (Wildman–Crippen MR) is 104 cm³/mol. The number of hydrogen-bond donors (Lipinski definition) is 1. The van der Waals surface area contributed by atoms with Gasteiger partial charge < -0.3 is 5.11 Å². The molecule has 0 atom stereocenters. The van der Waals surface area contributed by atoms with E-state index < -0.39 is 6.09 Å². The Bertz CT molecular complexity index is 436. The van der Waals surface area contributed by atoms with Crippen molar-refractivity contribution >= 4 is 11.8 Å². The lowest BCUT2D eigenvalue weighted by Crippen LogP contribution is -2.29. The van der Waals surface area contributed by atoms with Crippen LogP contribution in [0.5, 0.6) is 0 Å². The van der Waals surface area contributed by atoms with E-state index >= 15 is 0 Å². The largest absolute Gasteiger partial charge is 0.463 e. The van der Waals surface area contributed by atoms with Crippen LogP contribution in [0.15, 0.2) is 30.3 Å². The van der Waals surface area contributed by atoms with Crippen LogP contribution in [0.4, 0.5) is 10.5 Å². The normalized spacial score (nSPS) is 10.8. The number of carbonyl (C=O) groups is 1. The fourth-order valence-corrected chi connectivity index (χ4v) is 2.90. The summed E-state index contributed by atoms with van der Waals surface area (Å²) in [6.07, 6.45) is 14.3. The van der Waals surface area contributed by atoms with Crippen LogP contribution in [0.3, 0.4) is 0 Å². The third-order valence-corrected chi connectivity index (χ3v) is 4.38. The Morgan fingerprint density at radius 1 is 0.840 bits per heavy atom. The summed E-state index contributed by atoms with van der Waals surface area (Å²) in [5.41, 5.74) is 0.550. The Kier molecular flexibility index (Phi) is 12.7. The number of anilines is 1. The fraction of sp³-hybridized carbons (Fsp3) is 0.667. The van der Waals surface area contributed by atoms with E-state index in [4.69, 9.17) is 4.84 Å². The Morgan fingerprint density at radius 2 is 1.32 bits per heavy atom. The molecular weight excluding hydrogens is 314 g/mol. The lowest BCUT2D eigenvalue weighted by molar-refractivity contribution is 0.0922. The van der Waals surface area contributed by atoms with Crippen LogP contribution in [-0.2, 0) is 4.84 Å². The topological polar surface area (TPSA) is 49.8 Å². The molecule has 25 heavy (non-hydrogen) atoms. The highest BCUT2D eigenvalue weighted by Crippen LogP contribution is 2.15. The quantitative estimate of drug-likeness (QED) is 0.280. The third-order valence-electron chi connectivity index (χ3n) is 4.38. The standard InChI is InChI=1S/C21H35NO3/c1-2-3-4-5-6-7-8-9-10-11-12-16-19-25-22(21(23)24)20-17-14-13-15-18-20/h13-15,17-18H,2-12,16,19H2,1H3,(H,23,24). The van der Waals surface area contributed by atoms with E-state index in [2.05, 4.69) is 6.92 Å². The van der Waals surface area contributed by atoms with Gasteiger partial charge in [-0.05, 0) is 18.6 Å². The van der Waals surface area contributed by atoms with E-state index in [9.17, 15) is 9.90 Å². The zero-order valence-corrected chi connectivity index (χ0v) is 15.8. The summed E-state index contributed by atoms with van der Waals surface area (Å²) < 4.78 is 0. The van der Waals surface area contributed by atoms with Crippen molar-refractivity contribution in [2.24, 2.45) is 0 Å². The second kappa shape index (κ2) is 14.8. The van der Waals surface area contributed by atoms with Gasteiger partial charge in [-0.25, -0.2) is 4.79 Å². The molecule has 1 N–H and O–H groups in total. The van der Waals surface area contributed by atoms with Gasteiger partial charge in [-0.2, -0.15) is 5.06 Å². The Hall–Kier alpha value is -1.55. The average Bonchev–Trinajstić information content (AvgIpc) is 2.62. The Morgan fingerprint density at radius 3 is 1.80 bits per heavy atom. The molecule has 1 rings (SSSR count). The van der Waals surface area contributed by atoms with Crippen molar-refractivity contribution in [1.82, 2.24) is 0 Å². The minimum atomic E-state index is -1.08. The molecular formula is C21H35NO3. The first-order valence-electron chi connectivity index (χ1n) is 9.96. The molecule has 1 aromatic carbocycles. The first-order valence-corrected chi connectivity index (χ1v) is 9.96. The van der Waals surface area contributed by atoms with Crippen LogP contribution in [-0.4, -0.2) is 17.8 Å². The molecule has 0 bridgehead atoms. The van der Waals surface area contributed by atoms with Gasteiger partial charge in [-0.15, -0.1) is 0 Å². The molecule has 142 valence electrons. The average molecular weight is 350 g/mol. The third kappa shape index (κ3) is 10.8. The number of unbranched alkanes of at least 4 members (excludes halogenated alkanes) is 11. The smallest absolute Gasteiger partial charge is 0.436 e. The summed E-state index contributed by atoms with van der Waals surface area (Å²) in [5.74, 6) is 0. The molecule has 0 saturated heterocycles. The Labute approximate surface area is 153 Å². The number of amides is 1. The van der Waals surface area contributed by atoms with Crippen molar-refractivity contribution in [3.63, 3.8) is 0 Å². The van der Waals surface area contributed by atoms with Gasteiger partial charge >= 0.3 is 6.09 Å². The zero-order chi connectivity index (χ0) is 18.2. The number of rotatable bonds is 15. The lowest BCUT2D eigenvalue weighted by atomic mass is 10.1. The van der Waals surface area contributed by atoms with Crippen molar-refractivity contribution in [2.45, 2.75) is 84.0 Å². The van der Waals surface area contributed by atoms with Gasteiger partial charge in [0.25, 0.3) is 0 Å². The first kappa shape index (κ1) is 21.5. The highest BCUT2D eigenvalue weighted by molar-refractivity contribution is 5.83. The van der Waals surface area contributed by atoms with E-state index in [1.165, 1.54) is 64.2 Å². The predicted octanol–water partition coefficient (Wildman–Crippen LogP) is 6.80. The molecule has 0 aliphatic carbocycles. The van der Waals surface area contributed by atoms with Gasteiger partial charge in [-0.3, -0.25) is 4.84 Å². The van der Waals surface area contributed by atoms with Gasteiger partial charge in [0, 0.05) is 0 Å². The minimum absolute atomic E-state index is 0.443. The number of hydrogen-bond acceptors (Lipinski definition) is 2. The molecule has 0 aromatic heterocycles. The fourth-order valence-electron chi connectivity index (χ4n) is 2.90. The minimum Gasteiger partial charge on any atom is -0.463 e. The molecule has 1 aromatic rings. The molecule has 0 fully saturated rings. The van der Waals surface area contributed by atoms with Gasteiger partial charge in [0.2, 0.25) is 0 Å². The van der Waals surface area contributed by atoms with Gasteiger partial charge in [-0.1, -0.05) is 95.8 Å². The highest BCUT2D eigenvalue weighted by Gasteiger charge is 2.14. The van der Waals surface area contributed by atoms with Crippen LogP contribution in [0.1, 0.15) is 84.0 Å². The molecule has 4 nitrogen and oxygen atoms in total. The second-order valence-electron chi connectivity index (χ2n) is 6.63. The van der Waals surface area contributed by atoms with Crippen LogP contribution in [0.2, 0.25) is 0 Å². The molecule has 0 heterocycles. The van der Waals surface area contributed by atoms with Gasteiger partial charge in [0.15, 0.2) is 0 Å². The molecule has 0 aliphatic heterocycles. The molecule has 0 aliphatic rings. The Balaban J connectivity index is 1.96. The van der Waals surface area contributed by atoms with Crippen LogP contribution >= 0.6 is 0 Å². The lowest BCUT2D eigenvalue weighted by Gasteiger charge is -2.18. The maximum Gasteiger partial charge on any atom is 0.436 e. The SMILES string of the molecule is CCCCCCCCCCCCCCON(C(=O)O)c1ccccc1. The van der Waals surface area contributed by atoms with E-state index in [0.717, 1.165) is 17.9 Å². The van der Waals surface area contributed by atoms with Crippen molar-refractivity contribution in [2.75, 3.05) is 11.7 Å². The van der Waals surface area contributed by atoms with Crippen LogP contribution in [0.25, 0.3) is 0 Å². The van der Waals surface area contributed by atoms with E-state index in [1.807, 2.05) is 6.07 Å². The van der Waals surface area contributed by atoms with Crippen LogP contribution < -0.4 is 5.06 Å². The van der Waals surface area contributed by atoms with E-state index in [-0.39, 0.29) is 0 Å². The van der Waals surface area contributed by atoms with E-state index in [0.29, 0.717) is 12.3 Å². The molecule has 4 heteroatoms. The number of nitrogens with zero attached hydrogens (tertiary/aromatic N) is 1. The number of carboxylic acid groups (broad SMARTS) is 1. The monoisotopic (exact) mass is 349 g/mol. The maximum absolute atomic E-state index is 11.3. The summed E-state index contributed by atoms with van der Waals surface area (Å²) in [5, 5.41) is 10.2. The summed E-state index contributed by atoms with van der Waals surface area (Å²) in [4.78, 5) is 16.7. The first-order chi connectivity index (χ1) is 12.3. The molecule has 0 spiro atoms. The zero-order valence-electron chi connectivity index (χ0n) is 15.8. The van der Waals surface area contributed by atoms with E-state index in [1.54, 1.807) is 24.3 Å². The van der Waals surface area contributed by atoms with Gasteiger partial charge in [0.1, 0.15) is 0 Å². The summed E-state index contributed by atoms with van der Waals surface area (Å²) in [6, 6.07) is 8.93. The molecule has 0 unspecified atom stereocenters. The molecule has 0 saturated carbocycles. The van der Waals surface area contributed by atoms with Crippen molar-refractivity contribution in [3.8, 4) is 0 Å². The molecule has 0 radical (unpaired) electrons. The summed E-state index contributed by atoms with van der Waals surface area (Å²) >= 11 is 0. The molecule has 1 amide bonds. The number of para-hydroxylation sites is 1. The van der Waals surface area contributed by atoms with Gasteiger partial charge in [0.05, 0.1) is 12.3 Å². The number of benzene rings is 1. The number of hydroxylamine groups is 1. The second-order valence-corrected chi connectivity index (χ2v) is 6.63.